The lowest BCUT2D eigenvalue weighted by atomic mass is 10.1. The zero-order valence-electron chi connectivity index (χ0n) is 11.4. The summed E-state index contributed by atoms with van der Waals surface area (Å²) in [6.45, 7) is 5.87. The molecule has 0 saturated carbocycles. The van der Waals surface area contributed by atoms with Gasteiger partial charge in [-0.1, -0.05) is 30.8 Å². The second-order valence-corrected chi connectivity index (χ2v) is 4.89. The van der Waals surface area contributed by atoms with Crippen LogP contribution in [0.4, 0.5) is 4.39 Å². The van der Waals surface area contributed by atoms with Gasteiger partial charge >= 0.3 is 0 Å². The number of benzene rings is 1. The Morgan fingerprint density at radius 2 is 2.00 bits per heavy atom. The second-order valence-electron chi connectivity index (χ2n) is 4.89. The molecule has 2 rings (SSSR count). The van der Waals surface area contributed by atoms with E-state index in [4.69, 9.17) is 5.41 Å². The summed E-state index contributed by atoms with van der Waals surface area (Å²) in [4.78, 5) is 2.26. The summed E-state index contributed by atoms with van der Waals surface area (Å²) < 4.78 is 13.1. The molecule has 0 radical (unpaired) electrons. The van der Waals surface area contributed by atoms with Crippen LogP contribution in [0.3, 0.4) is 0 Å². The number of halogens is 1. The van der Waals surface area contributed by atoms with E-state index in [0.29, 0.717) is 12.8 Å². The summed E-state index contributed by atoms with van der Waals surface area (Å²) in [5.41, 5.74) is 1.89. The quantitative estimate of drug-likeness (QED) is 0.509. The van der Waals surface area contributed by atoms with Crippen molar-refractivity contribution in [3.05, 3.63) is 48.2 Å². The minimum Gasteiger partial charge on any atom is -0.299 e. The molecule has 1 N–H and O–H groups in total. The number of hydrogen-bond acceptors (Lipinski definition) is 3. The van der Waals surface area contributed by atoms with Crippen molar-refractivity contribution in [1.82, 2.24) is 4.90 Å². The Labute approximate surface area is 118 Å². The highest BCUT2D eigenvalue weighted by molar-refractivity contribution is 5.96. The fraction of sp³-hybridized carbons (Fsp3) is 0.400. The molecule has 0 aromatic heterocycles. The van der Waals surface area contributed by atoms with E-state index in [1.807, 2.05) is 24.3 Å². The maximum atomic E-state index is 13.1. The van der Waals surface area contributed by atoms with Gasteiger partial charge < -0.3 is 0 Å². The average Bonchev–Trinajstić information content (AvgIpc) is 2.48. The molecule has 0 unspecified atom stereocenters. The van der Waals surface area contributed by atoms with Crippen LogP contribution in [0.15, 0.2) is 47.3 Å². The largest absolute Gasteiger partial charge is 0.299 e. The van der Waals surface area contributed by atoms with E-state index < -0.39 is 6.17 Å². The third-order valence-electron chi connectivity index (χ3n) is 3.39. The standard InChI is InChI=1S/C15H19FN4/c1-2-18-19-15(17)13-5-3-12(4-6-13)11-20-9-7-14(16)8-10-20/h2-6,14,17H,1,7-11H2. The number of nitrogens with one attached hydrogen (secondary N) is 1. The smallest absolute Gasteiger partial charge is 0.174 e. The summed E-state index contributed by atoms with van der Waals surface area (Å²) in [6.07, 6.45) is 1.93. The zero-order valence-corrected chi connectivity index (χ0v) is 11.4. The molecule has 5 heteroatoms. The summed E-state index contributed by atoms with van der Waals surface area (Å²) in [6, 6.07) is 7.69. The minimum atomic E-state index is -0.635. The number of alkyl halides is 1. The first-order chi connectivity index (χ1) is 9.69. The number of amidine groups is 1. The van der Waals surface area contributed by atoms with E-state index in [9.17, 15) is 4.39 Å². The molecule has 1 aromatic rings. The summed E-state index contributed by atoms with van der Waals surface area (Å²) >= 11 is 0. The van der Waals surface area contributed by atoms with Gasteiger partial charge in [-0.05, 0) is 18.4 Å². The summed E-state index contributed by atoms with van der Waals surface area (Å²) in [5, 5.41) is 15.0. The monoisotopic (exact) mass is 274 g/mol. The van der Waals surface area contributed by atoms with Crippen LogP contribution in [-0.2, 0) is 6.54 Å². The Hall–Kier alpha value is -1.88. The van der Waals surface area contributed by atoms with Gasteiger partial charge in [0.25, 0.3) is 0 Å². The Morgan fingerprint density at radius 1 is 1.35 bits per heavy atom. The lowest BCUT2D eigenvalue weighted by Gasteiger charge is -2.28. The predicted molar refractivity (Wildman–Crippen MR) is 77.7 cm³/mol. The molecule has 106 valence electrons. The number of rotatable bonds is 4. The average molecular weight is 274 g/mol. The first kappa shape index (κ1) is 14.5. The molecule has 20 heavy (non-hydrogen) atoms. The molecule has 1 aromatic carbocycles. The van der Waals surface area contributed by atoms with Crippen LogP contribution in [0.1, 0.15) is 24.0 Å². The fourth-order valence-electron chi connectivity index (χ4n) is 2.24. The van der Waals surface area contributed by atoms with Crippen molar-refractivity contribution in [2.24, 2.45) is 10.2 Å². The lowest BCUT2D eigenvalue weighted by molar-refractivity contribution is 0.145. The topological polar surface area (TPSA) is 51.8 Å². The molecule has 0 spiro atoms. The molecule has 0 amide bonds. The van der Waals surface area contributed by atoms with Crippen molar-refractivity contribution in [2.45, 2.75) is 25.6 Å². The van der Waals surface area contributed by atoms with Crippen LogP contribution in [0.25, 0.3) is 0 Å². The van der Waals surface area contributed by atoms with Crippen molar-refractivity contribution in [1.29, 1.82) is 5.41 Å². The van der Waals surface area contributed by atoms with Gasteiger partial charge in [-0.3, -0.25) is 10.3 Å². The molecule has 4 nitrogen and oxygen atoms in total. The SMILES string of the molecule is C=CN=NC(=N)c1ccc(CN2CCC(F)CC2)cc1. The third kappa shape index (κ3) is 4.06. The van der Waals surface area contributed by atoms with Crippen LogP contribution in [0.5, 0.6) is 0 Å². The predicted octanol–water partition coefficient (Wildman–Crippen LogP) is 3.54. The van der Waals surface area contributed by atoms with Crippen LogP contribution in [0, 0.1) is 5.41 Å². The highest BCUT2D eigenvalue weighted by Crippen LogP contribution is 2.16. The second kappa shape index (κ2) is 7.05. The van der Waals surface area contributed by atoms with Crippen LogP contribution in [-0.4, -0.2) is 30.0 Å². The zero-order chi connectivity index (χ0) is 14.4. The van der Waals surface area contributed by atoms with Crippen molar-refractivity contribution < 1.29 is 4.39 Å². The Bertz CT molecular complexity index is 487. The van der Waals surface area contributed by atoms with E-state index >= 15 is 0 Å². The van der Waals surface area contributed by atoms with E-state index in [0.717, 1.165) is 25.2 Å². The molecule has 1 aliphatic heterocycles. The number of likely N-dealkylation sites (tertiary alicyclic amines) is 1. The van der Waals surface area contributed by atoms with Crippen molar-refractivity contribution in [3.63, 3.8) is 0 Å². The highest BCUT2D eigenvalue weighted by Gasteiger charge is 2.18. The Balaban J connectivity index is 1.93. The molecular weight excluding hydrogens is 255 g/mol. The van der Waals surface area contributed by atoms with Gasteiger partial charge in [0.05, 0.1) is 0 Å². The minimum absolute atomic E-state index is 0.120. The van der Waals surface area contributed by atoms with Crippen LogP contribution < -0.4 is 0 Å². The van der Waals surface area contributed by atoms with Crippen molar-refractivity contribution in [3.8, 4) is 0 Å². The Morgan fingerprint density at radius 3 is 2.60 bits per heavy atom. The van der Waals surface area contributed by atoms with Crippen molar-refractivity contribution >= 4 is 5.84 Å². The molecule has 0 atom stereocenters. The van der Waals surface area contributed by atoms with Crippen LogP contribution in [0.2, 0.25) is 0 Å². The molecule has 1 heterocycles. The number of azo groups is 1. The molecule has 1 fully saturated rings. The summed E-state index contributed by atoms with van der Waals surface area (Å²) in [5.74, 6) is 0.120. The van der Waals surface area contributed by atoms with E-state index in [1.54, 1.807) is 0 Å². The maximum absolute atomic E-state index is 13.1. The first-order valence-corrected chi connectivity index (χ1v) is 6.75. The normalized spacial score (nSPS) is 17.4. The highest BCUT2D eigenvalue weighted by atomic mass is 19.1. The first-order valence-electron chi connectivity index (χ1n) is 6.75. The van der Waals surface area contributed by atoms with Crippen molar-refractivity contribution in [2.75, 3.05) is 13.1 Å². The van der Waals surface area contributed by atoms with Gasteiger partial charge in [-0.2, -0.15) is 5.11 Å². The van der Waals surface area contributed by atoms with Gasteiger partial charge in [0, 0.05) is 31.4 Å². The summed E-state index contributed by atoms with van der Waals surface area (Å²) in [7, 11) is 0. The van der Waals surface area contributed by atoms with E-state index in [1.165, 1.54) is 11.8 Å². The fourth-order valence-corrected chi connectivity index (χ4v) is 2.24. The lowest BCUT2D eigenvalue weighted by Crippen LogP contribution is -2.33. The molecule has 0 aliphatic carbocycles. The van der Waals surface area contributed by atoms with E-state index in [-0.39, 0.29) is 5.84 Å². The van der Waals surface area contributed by atoms with Gasteiger partial charge in [0.15, 0.2) is 5.84 Å². The molecular formula is C15H19FN4. The van der Waals surface area contributed by atoms with Gasteiger partial charge in [0.1, 0.15) is 6.17 Å². The maximum Gasteiger partial charge on any atom is 0.174 e. The molecule has 0 bridgehead atoms. The number of piperidine rings is 1. The molecule has 1 saturated heterocycles. The molecule has 1 aliphatic rings. The number of hydrogen-bond donors (Lipinski definition) is 1. The van der Waals surface area contributed by atoms with Gasteiger partial charge in [0.2, 0.25) is 0 Å². The van der Waals surface area contributed by atoms with Gasteiger partial charge in [-0.15, -0.1) is 5.11 Å². The number of nitrogens with zero attached hydrogens (tertiary/aromatic N) is 3. The third-order valence-corrected chi connectivity index (χ3v) is 3.39. The van der Waals surface area contributed by atoms with E-state index in [2.05, 4.69) is 21.7 Å². The Kier molecular flexibility index (Phi) is 5.12. The van der Waals surface area contributed by atoms with Gasteiger partial charge in [-0.25, -0.2) is 4.39 Å². The van der Waals surface area contributed by atoms with Crippen LogP contribution >= 0.6 is 0 Å².